The second-order valence-corrected chi connectivity index (χ2v) is 8.44. The summed E-state index contributed by atoms with van der Waals surface area (Å²) in [6, 6.07) is 22.5. The third kappa shape index (κ3) is 4.27. The van der Waals surface area contributed by atoms with Crippen LogP contribution in [0.2, 0.25) is 0 Å². The number of fused-ring (bicyclic) bond motifs is 1. The lowest BCUT2D eigenvalue weighted by atomic mass is 9.98. The summed E-state index contributed by atoms with van der Waals surface area (Å²) in [5.41, 5.74) is 0.987. The van der Waals surface area contributed by atoms with E-state index in [4.69, 9.17) is 0 Å². The second-order valence-electron chi connectivity index (χ2n) is 6.72. The van der Waals surface area contributed by atoms with Gasteiger partial charge in [-0.2, -0.15) is 0 Å². The highest BCUT2D eigenvalue weighted by molar-refractivity contribution is 7.89. The molecular weight excluding hydrogens is 330 g/mol. The number of nitrogens with one attached hydrogen (secondary N) is 1. The highest BCUT2D eigenvalue weighted by atomic mass is 32.2. The average molecular weight is 353 g/mol. The average Bonchev–Trinajstić information content (AvgIpc) is 2.61. The quantitative estimate of drug-likeness (QED) is 0.685. The van der Waals surface area contributed by atoms with E-state index >= 15 is 0 Å². The minimum atomic E-state index is -3.59. The van der Waals surface area contributed by atoms with E-state index in [-0.39, 0.29) is 6.04 Å². The first-order valence-corrected chi connectivity index (χ1v) is 10.00. The minimum absolute atomic E-state index is 0.238. The molecule has 1 N–H and O–H groups in total. The maximum Gasteiger partial charge on any atom is 0.241 e. The van der Waals surface area contributed by atoms with Crippen molar-refractivity contribution in [1.82, 2.24) is 4.72 Å². The van der Waals surface area contributed by atoms with Gasteiger partial charge in [0.15, 0.2) is 0 Å². The Morgan fingerprint density at radius 2 is 1.48 bits per heavy atom. The van der Waals surface area contributed by atoms with Crippen molar-refractivity contribution >= 4 is 20.8 Å². The molecule has 1 atom stereocenters. The van der Waals surface area contributed by atoms with E-state index in [1.807, 2.05) is 60.7 Å². The fraction of sp³-hybridized carbons (Fsp3) is 0.238. The number of sulfonamides is 1. The van der Waals surface area contributed by atoms with Crippen molar-refractivity contribution in [2.45, 2.75) is 31.2 Å². The van der Waals surface area contributed by atoms with E-state index in [9.17, 15) is 8.42 Å². The predicted molar refractivity (Wildman–Crippen MR) is 103 cm³/mol. The van der Waals surface area contributed by atoms with Crippen LogP contribution in [0.1, 0.15) is 31.9 Å². The van der Waals surface area contributed by atoms with E-state index < -0.39 is 10.0 Å². The van der Waals surface area contributed by atoms with Crippen LogP contribution in [0.5, 0.6) is 0 Å². The maximum atomic E-state index is 12.9. The molecule has 130 valence electrons. The van der Waals surface area contributed by atoms with Crippen molar-refractivity contribution in [3.8, 4) is 0 Å². The lowest BCUT2D eigenvalue weighted by Gasteiger charge is -2.21. The zero-order chi connectivity index (χ0) is 17.9. The summed E-state index contributed by atoms with van der Waals surface area (Å²) in [6.07, 6.45) is 0.747. The molecule has 0 aliphatic rings. The van der Waals surface area contributed by atoms with Gasteiger partial charge >= 0.3 is 0 Å². The smallest absolute Gasteiger partial charge is 0.207 e. The number of hydrogen-bond donors (Lipinski definition) is 1. The molecule has 0 saturated carbocycles. The molecule has 0 amide bonds. The van der Waals surface area contributed by atoms with Crippen molar-refractivity contribution < 1.29 is 8.42 Å². The largest absolute Gasteiger partial charge is 0.241 e. The standard InChI is InChI=1S/C21H23NO2S/c1-16(2)14-21(18-9-4-3-5-10-18)22-25(23,24)20-13-12-17-8-6-7-11-19(17)15-20/h3-13,15-16,21-22H,14H2,1-2H3/t21-/m1/s1. The Bertz CT molecular complexity index is 950. The summed E-state index contributed by atoms with van der Waals surface area (Å²) in [5, 5.41) is 1.95. The van der Waals surface area contributed by atoms with Crippen LogP contribution in [-0.2, 0) is 10.0 Å². The summed E-state index contributed by atoms with van der Waals surface area (Å²) < 4.78 is 28.8. The SMILES string of the molecule is CC(C)C[C@@H](NS(=O)(=O)c1ccc2ccccc2c1)c1ccccc1. The topological polar surface area (TPSA) is 46.2 Å². The van der Waals surface area contributed by atoms with Crippen LogP contribution in [-0.4, -0.2) is 8.42 Å². The fourth-order valence-corrected chi connectivity index (χ4v) is 4.27. The Balaban J connectivity index is 1.93. The van der Waals surface area contributed by atoms with Crippen LogP contribution in [0.3, 0.4) is 0 Å². The molecule has 25 heavy (non-hydrogen) atoms. The third-order valence-corrected chi connectivity index (χ3v) is 5.71. The van der Waals surface area contributed by atoms with Crippen LogP contribution in [0.15, 0.2) is 77.7 Å². The molecule has 0 aliphatic heterocycles. The first kappa shape index (κ1) is 17.6. The van der Waals surface area contributed by atoms with Gasteiger partial charge in [-0.3, -0.25) is 0 Å². The Hall–Kier alpha value is -2.17. The normalized spacial score (nSPS) is 13.2. The number of rotatable bonds is 6. The zero-order valence-corrected chi connectivity index (χ0v) is 15.3. The Kier molecular flexibility index (Phi) is 5.21. The zero-order valence-electron chi connectivity index (χ0n) is 14.5. The second kappa shape index (κ2) is 7.38. The highest BCUT2D eigenvalue weighted by Gasteiger charge is 2.22. The third-order valence-electron chi connectivity index (χ3n) is 4.24. The Morgan fingerprint density at radius 3 is 2.16 bits per heavy atom. The molecule has 3 rings (SSSR count). The molecule has 3 aromatic carbocycles. The molecule has 0 aromatic heterocycles. The summed E-state index contributed by atoms with van der Waals surface area (Å²) in [5.74, 6) is 0.379. The Morgan fingerprint density at radius 1 is 0.840 bits per heavy atom. The van der Waals surface area contributed by atoms with E-state index in [0.717, 1.165) is 22.8 Å². The van der Waals surface area contributed by atoms with Gasteiger partial charge in [-0.05, 0) is 40.8 Å². The monoisotopic (exact) mass is 353 g/mol. The van der Waals surface area contributed by atoms with Crippen LogP contribution in [0.4, 0.5) is 0 Å². The van der Waals surface area contributed by atoms with Crippen molar-refractivity contribution in [3.63, 3.8) is 0 Å². The number of hydrogen-bond acceptors (Lipinski definition) is 2. The van der Waals surface area contributed by atoms with Gasteiger partial charge < -0.3 is 0 Å². The number of benzene rings is 3. The Labute approximate surface area is 149 Å². The molecular formula is C21H23NO2S. The van der Waals surface area contributed by atoms with Gasteiger partial charge in [0.2, 0.25) is 10.0 Å². The van der Waals surface area contributed by atoms with Gasteiger partial charge in [-0.15, -0.1) is 0 Å². The van der Waals surface area contributed by atoms with Crippen molar-refractivity contribution in [1.29, 1.82) is 0 Å². The highest BCUT2D eigenvalue weighted by Crippen LogP contribution is 2.25. The van der Waals surface area contributed by atoms with E-state index in [1.165, 1.54) is 0 Å². The molecule has 0 fully saturated rings. The molecule has 0 bridgehead atoms. The van der Waals surface area contributed by atoms with Gasteiger partial charge in [0.05, 0.1) is 4.90 Å². The van der Waals surface area contributed by atoms with E-state index in [0.29, 0.717) is 10.8 Å². The molecule has 0 aliphatic carbocycles. The van der Waals surface area contributed by atoms with Crippen molar-refractivity contribution in [3.05, 3.63) is 78.4 Å². The first-order chi connectivity index (χ1) is 12.0. The van der Waals surface area contributed by atoms with Gasteiger partial charge in [0.25, 0.3) is 0 Å². The molecule has 0 saturated heterocycles. The molecule has 3 nitrogen and oxygen atoms in total. The van der Waals surface area contributed by atoms with Crippen LogP contribution < -0.4 is 4.72 Å². The van der Waals surface area contributed by atoms with Crippen LogP contribution in [0.25, 0.3) is 10.8 Å². The summed E-state index contributed by atoms with van der Waals surface area (Å²) >= 11 is 0. The molecule has 0 spiro atoms. The van der Waals surface area contributed by atoms with Gasteiger partial charge in [-0.25, -0.2) is 13.1 Å². The van der Waals surface area contributed by atoms with E-state index in [1.54, 1.807) is 12.1 Å². The summed E-state index contributed by atoms with van der Waals surface area (Å²) in [7, 11) is -3.59. The van der Waals surface area contributed by atoms with Crippen LogP contribution in [0, 0.1) is 5.92 Å². The minimum Gasteiger partial charge on any atom is -0.207 e. The first-order valence-electron chi connectivity index (χ1n) is 8.52. The molecule has 3 aromatic rings. The van der Waals surface area contributed by atoms with Crippen molar-refractivity contribution in [2.75, 3.05) is 0 Å². The summed E-state index contributed by atoms with van der Waals surface area (Å²) in [6.45, 7) is 4.19. The lowest BCUT2D eigenvalue weighted by Crippen LogP contribution is -2.29. The van der Waals surface area contributed by atoms with Crippen LogP contribution >= 0.6 is 0 Å². The molecule has 4 heteroatoms. The maximum absolute atomic E-state index is 12.9. The molecule has 0 heterocycles. The molecule has 0 unspecified atom stereocenters. The predicted octanol–water partition coefficient (Wildman–Crippen LogP) is 4.91. The van der Waals surface area contributed by atoms with Gasteiger partial charge in [-0.1, -0.05) is 74.5 Å². The van der Waals surface area contributed by atoms with E-state index in [2.05, 4.69) is 18.6 Å². The summed E-state index contributed by atoms with van der Waals surface area (Å²) in [4.78, 5) is 0.302. The lowest BCUT2D eigenvalue weighted by molar-refractivity contribution is 0.472. The van der Waals surface area contributed by atoms with Crippen molar-refractivity contribution in [2.24, 2.45) is 5.92 Å². The van der Waals surface area contributed by atoms with Gasteiger partial charge in [0, 0.05) is 6.04 Å². The fourth-order valence-electron chi connectivity index (χ4n) is 3.00. The molecule has 0 radical (unpaired) electrons. The van der Waals surface area contributed by atoms with Gasteiger partial charge in [0.1, 0.15) is 0 Å².